The number of aliphatic carboxylic acids is 1. The minimum Gasteiger partial charge on any atom is -0.508 e. The van der Waals surface area contributed by atoms with E-state index in [2.05, 4.69) is 46.9 Å². The van der Waals surface area contributed by atoms with Gasteiger partial charge in [-0.15, -0.1) is 0 Å². The molecule has 52 heavy (non-hydrogen) atoms. The first-order chi connectivity index (χ1) is 24.4. The summed E-state index contributed by atoms with van der Waals surface area (Å²) in [6, 6.07) is 6.36. The van der Waals surface area contributed by atoms with E-state index >= 15 is 0 Å². The molecule has 0 spiro atoms. The zero-order valence-electron chi connectivity index (χ0n) is 32.7. The molecule has 7 heteroatoms. The molecule has 11 unspecified atom stereocenters. The lowest BCUT2D eigenvalue weighted by atomic mass is 9.35. The Hall–Kier alpha value is -2.96. The van der Waals surface area contributed by atoms with Crippen molar-refractivity contribution in [2.75, 3.05) is 6.54 Å². The molecule has 3 N–H and O–H groups in total. The highest BCUT2D eigenvalue weighted by Gasteiger charge is 2.66. The SMILES string of the molecule is CC(C)C1=C2C3CCC4C(C)(CCC5C(C)(C)C(CC(=O)C6CC(C(=O)O)C6C)CCC54C)C3CCC2(CCNC(=O)c2ccc(O)cc2)CC1=O. The van der Waals surface area contributed by atoms with Gasteiger partial charge in [-0.3, -0.25) is 19.2 Å². The van der Waals surface area contributed by atoms with Crippen molar-refractivity contribution in [3.05, 3.63) is 41.0 Å². The predicted octanol–water partition coefficient (Wildman–Crippen LogP) is 9.03. The summed E-state index contributed by atoms with van der Waals surface area (Å²) in [7, 11) is 0. The predicted molar refractivity (Wildman–Crippen MR) is 201 cm³/mol. The second-order valence-corrected chi connectivity index (χ2v) is 19.8. The largest absolute Gasteiger partial charge is 0.508 e. The normalized spacial score (nSPS) is 40.6. The third-order valence-electron chi connectivity index (χ3n) is 17.0. The van der Waals surface area contributed by atoms with Crippen molar-refractivity contribution in [3.63, 3.8) is 0 Å². The minimum atomic E-state index is -0.763. The Kier molecular flexibility index (Phi) is 9.42. The van der Waals surface area contributed by atoms with Crippen LogP contribution in [0.2, 0.25) is 0 Å². The molecular weight excluding hydrogens is 650 g/mol. The van der Waals surface area contributed by atoms with Crippen molar-refractivity contribution in [1.82, 2.24) is 5.32 Å². The van der Waals surface area contributed by atoms with Crippen molar-refractivity contribution in [1.29, 1.82) is 0 Å². The van der Waals surface area contributed by atoms with Crippen LogP contribution in [-0.4, -0.2) is 40.2 Å². The first kappa shape index (κ1) is 37.4. The summed E-state index contributed by atoms with van der Waals surface area (Å²) in [6.45, 7) is 16.9. The van der Waals surface area contributed by atoms with Gasteiger partial charge in [-0.1, -0.05) is 54.0 Å². The van der Waals surface area contributed by atoms with Crippen molar-refractivity contribution >= 4 is 23.4 Å². The van der Waals surface area contributed by atoms with Crippen LogP contribution in [-0.2, 0) is 14.4 Å². The van der Waals surface area contributed by atoms with Crippen LogP contribution in [0.1, 0.15) is 136 Å². The number of phenolic OH excluding ortho intramolecular Hbond substituents is 1. The van der Waals surface area contributed by atoms with Gasteiger partial charge in [-0.05, 0) is 152 Å². The second kappa shape index (κ2) is 13.1. The van der Waals surface area contributed by atoms with Crippen LogP contribution in [0.4, 0.5) is 0 Å². The van der Waals surface area contributed by atoms with Gasteiger partial charge in [0.1, 0.15) is 11.5 Å². The number of ketones is 2. The fraction of sp³-hybridized carbons (Fsp3) is 0.733. The van der Waals surface area contributed by atoms with Gasteiger partial charge in [-0.25, -0.2) is 0 Å². The fourth-order valence-corrected chi connectivity index (χ4v) is 14.2. The van der Waals surface area contributed by atoms with Gasteiger partial charge in [0.05, 0.1) is 5.92 Å². The minimum absolute atomic E-state index is 0.0392. The van der Waals surface area contributed by atoms with Crippen LogP contribution in [0, 0.1) is 74.9 Å². The number of benzene rings is 1. The zero-order valence-corrected chi connectivity index (χ0v) is 32.7. The van der Waals surface area contributed by atoms with Crippen LogP contribution in [0.25, 0.3) is 0 Å². The third-order valence-corrected chi connectivity index (χ3v) is 17.0. The van der Waals surface area contributed by atoms with Crippen molar-refractivity contribution in [3.8, 4) is 5.75 Å². The smallest absolute Gasteiger partial charge is 0.306 e. The Morgan fingerprint density at radius 3 is 2.23 bits per heavy atom. The quantitative estimate of drug-likeness (QED) is 0.235. The van der Waals surface area contributed by atoms with Gasteiger partial charge in [-0.2, -0.15) is 0 Å². The molecule has 6 aliphatic carbocycles. The maximum atomic E-state index is 13.9. The Labute approximate surface area is 311 Å². The van der Waals surface area contributed by atoms with E-state index in [4.69, 9.17) is 0 Å². The number of hydrogen-bond acceptors (Lipinski definition) is 5. The highest BCUT2D eigenvalue weighted by Crippen LogP contribution is 2.74. The van der Waals surface area contributed by atoms with E-state index in [0.29, 0.717) is 72.5 Å². The van der Waals surface area contributed by atoms with Crippen LogP contribution >= 0.6 is 0 Å². The summed E-state index contributed by atoms with van der Waals surface area (Å²) in [6.07, 6.45) is 11.5. The highest BCUT2D eigenvalue weighted by atomic mass is 16.4. The molecule has 0 heterocycles. The molecule has 284 valence electrons. The molecule has 0 aromatic heterocycles. The average Bonchev–Trinajstić information content (AvgIpc) is 3.37. The molecule has 0 radical (unpaired) electrons. The maximum Gasteiger partial charge on any atom is 0.306 e. The number of Topliss-reactive ketones (excluding diaryl/α,β-unsaturated/α-hetero) is 2. The van der Waals surface area contributed by atoms with Crippen LogP contribution in [0.5, 0.6) is 5.75 Å². The molecule has 0 bridgehead atoms. The first-order valence-corrected chi connectivity index (χ1v) is 20.5. The van der Waals surface area contributed by atoms with Gasteiger partial charge in [0.2, 0.25) is 0 Å². The lowest BCUT2D eigenvalue weighted by Crippen LogP contribution is -2.62. The van der Waals surface area contributed by atoms with Crippen molar-refractivity contribution in [2.24, 2.45) is 74.9 Å². The van der Waals surface area contributed by atoms with Gasteiger partial charge in [0, 0.05) is 36.3 Å². The maximum absolute atomic E-state index is 13.9. The molecule has 6 aliphatic rings. The number of fused-ring (bicyclic) bond motifs is 7. The van der Waals surface area contributed by atoms with Crippen molar-refractivity contribution in [2.45, 2.75) is 126 Å². The standard InChI is InChI=1S/C45H63NO6/c1-25(2)38-35(49)24-45(20-21-46-40(50)27-8-10-29(47)11-9-27)19-15-33-30(39(38)45)12-13-37-43(33,6)18-16-36-42(4,5)28(14-17-44(36,37)7)22-34(48)31-23-32(26(31)3)41(51)52/h8-11,25-26,28,30-33,36-37,47H,12-24H2,1-7H3,(H,46,50)(H,51,52). The molecule has 1 amide bonds. The molecule has 0 saturated heterocycles. The summed E-state index contributed by atoms with van der Waals surface area (Å²) >= 11 is 0. The summed E-state index contributed by atoms with van der Waals surface area (Å²) < 4.78 is 0. The van der Waals surface area contributed by atoms with Crippen LogP contribution < -0.4 is 5.32 Å². The zero-order chi connectivity index (χ0) is 37.5. The Bertz CT molecular complexity index is 1660. The van der Waals surface area contributed by atoms with E-state index in [1.807, 2.05) is 6.92 Å². The Balaban J connectivity index is 1.09. The van der Waals surface area contributed by atoms with E-state index in [9.17, 15) is 29.4 Å². The van der Waals surface area contributed by atoms with Crippen LogP contribution in [0.15, 0.2) is 35.4 Å². The number of phenols is 1. The number of nitrogens with one attached hydrogen (secondary N) is 1. The highest BCUT2D eigenvalue weighted by molar-refractivity contribution is 6.00. The molecule has 7 nitrogen and oxygen atoms in total. The molecule has 0 aliphatic heterocycles. The molecule has 1 aromatic rings. The van der Waals surface area contributed by atoms with E-state index in [0.717, 1.165) is 44.1 Å². The second-order valence-electron chi connectivity index (χ2n) is 19.8. The number of carboxylic acids is 1. The number of allylic oxidation sites excluding steroid dienone is 2. The molecular formula is C45H63NO6. The average molecular weight is 714 g/mol. The summed E-state index contributed by atoms with van der Waals surface area (Å²) in [5, 5.41) is 22.3. The number of carbonyl (C=O) groups excluding carboxylic acids is 3. The van der Waals surface area contributed by atoms with Crippen molar-refractivity contribution < 1.29 is 29.4 Å². The lowest BCUT2D eigenvalue weighted by molar-refractivity contribution is -0.193. The summed E-state index contributed by atoms with van der Waals surface area (Å²) in [5.74, 6) is 1.93. The topological polar surface area (TPSA) is 121 Å². The van der Waals surface area contributed by atoms with Gasteiger partial charge in [0.15, 0.2) is 5.78 Å². The lowest BCUT2D eigenvalue weighted by Gasteiger charge is -2.69. The third kappa shape index (κ3) is 5.72. The number of hydrogen-bond donors (Lipinski definition) is 3. The molecule has 1 aromatic carbocycles. The van der Waals surface area contributed by atoms with Gasteiger partial charge < -0.3 is 15.5 Å². The molecule has 11 atom stereocenters. The Morgan fingerprint density at radius 1 is 0.885 bits per heavy atom. The molecule has 5 fully saturated rings. The van der Waals surface area contributed by atoms with E-state index < -0.39 is 5.97 Å². The van der Waals surface area contributed by atoms with Gasteiger partial charge in [0.25, 0.3) is 5.91 Å². The number of aromatic hydroxyl groups is 1. The number of carbonyl (C=O) groups is 4. The monoisotopic (exact) mass is 713 g/mol. The van der Waals surface area contributed by atoms with E-state index in [-0.39, 0.29) is 57.0 Å². The fourth-order valence-electron chi connectivity index (χ4n) is 14.2. The first-order valence-electron chi connectivity index (χ1n) is 20.5. The number of rotatable bonds is 9. The van der Waals surface area contributed by atoms with Crippen LogP contribution in [0.3, 0.4) is 0 Å². The summed E-state index contributed by atoms with van der Waals surface area (Å²) in [4.78, 5) is 52.1. The number of carboxylic acid groups (broad SMARTS) is 1. The molecule has 7 rings (SSSR count). The number of amides is 1. The summed E-state index contributed by atoms with van der Waals surface area (Å²) in [5.41, 5.74) is 3.32. The van der Waals surface area contributed by atoms with Gasteiger partial charge >= 0.3 is 5.97 Å². The Morgan fingerprint density at radius 2 is 1.58 bits per heavy atom. The van der Waals surface area contributed by atoms with E-state index in [1.165, 1.54) is 37.0 Å². The molecule has 5 saturated carbocycles. The van der Waals surface area contributed by atoms with E-state index in [1.54, 1.807) is 12.1 Å².